The van der Waals surface area contributed by atoms with Crippen LogP contribution in [-0.2, 0) is 20.7 Å². The fraction of sp³-hybridized carbons (Fsp3) is 0.793. The number of ether oxygens (including phenoxy) is 2. The summed E-state index contributed by atoms with van der Waals surface area (Å²) in [7, 11) is 0. The Bertz CT molecular complexity index is 1060. The van der Waals surface area contributed by atoms with Crippen LogP contribution in [0.5, 0.6) is 0 Å². The van der Waals surface area contributed by atoms with Crippen molar-refractivity contribution in [2.45, 2.75) is 118 Å². The summed E-state index contributed by atoms with van der Waals surface area (Å²) in [5.74, 6) is -6.93. The normalized spacial score (nSPS) is 39.0. The third-order valence-electron chi connectivity index (χ3n) is 9.51. The van der Waals surface area contributed by atoms with Gasteiger partial charge in [0.05, 0.1) is 30.1 Å². The molecule has 2 aliphatic heterocycles. The maximum Gasteiger partial charge on any atom is 0.191 e. The van der Waals surface area contributed by atoms with Crippen molar-refractivity contribution in [2.24, 2.45) is 29.6 Å². The Balaban J connectivity index is 2.16. The summed E-state index contributed by atoms with van der Waals surface area (Å²) in [5, 5.41) is 34.2. The number of carbonyl (C=O) groups is 1. The molecule has 1 aromatic heterocycles. The largest absolute Gasteiger partial charge is 0.465 e. The van der Waals surface area contributed by atoms with Gasteiger partial charge in [0.1, 0.15) is 17.3 Å². The number of hydrogen-bond donors (Lipinski definition) is 3. The summed E-state index contributed by atoms with van der Waals surface area (Å²) in [6.45, 7) is 17.6. The van der Waals surface area contributed by atoms with Gasteiger partial charge >= 0.3 is 0 Å². The summed E-state index contributed by atoms with van der Waals surface area (Å²) >= 11 is 0. The van der Waals surface area contributed by atoms with Gasteiger partial charge in [0.15, 0.2) is 17.0 Å². The second-order valence-electron chi connectivity index (χ2n) is 11.5. The van der Waals surface area contributed by atoms with Crippen LogP contribution in [0.3, 0.4) is 0 Å². The molecule has 0 unspecified atom stereocenters. The van der Waals surface area contributed by atoms with Crippen LogP contribution in [-0.4, -0.2) is 51.0 Å². The minimum absolute atomic E-state index is 0.110. The Kier molecular flexibility index (Phi) is 8.53. The van der Waals surface area contributed by atoms with Crippen molar-refractivity contribution in [3.63, 3.8) is 0 Å². The predicted molar refractivity (Wildman–Crippen MR) is 139 cm³/mol. The zero-order valence-electron chi connectivity index (χ0n) is 24.0. The quantitative estimate of drug-likeness (QED) is 0.517. The molecule has 210 valence electrons. The average molecular weight is 523 g/mol. The van der Waals surface area contributed by atoms with Crippen LogP contribution in [0.2, 0.25) is 0 Å². The van der Waals surface area contributed by atoms with Crippen molar-refractivity contribution >= 4 is 5.78 Å². The molecule has 3 rings (SSSR count). The lowest BCUT2D eigenvalue weighted by Crippen LogP contribution is -2.72. The number of hydrogen-bond acceptors (Lipinski definition) is 8. The van der Waals surface area contributed by atoms with E-state index < -0.39 is 59.5 Å². The van der Waals surface area contributed by atoms with Crippen LogP contribution in [0.1, 0.15) is 90.4 Å². The Morgan fingerprint density at radius 1 is 1.00 bits per heavy atom. The van der Waals surface area contributed by atoms with Crippen LogP contribution in [0.4, 0.5) is 0 Å². The van der Waals surface area contributed by atoms with Crippen molar-refractivity contribution < 1.29 is 34.0 Å². The first-order valence-electron chi connectivity index (χ1n) is 13.7. The molecule has 0 aliphatic carbocycles. The molecule has 1 spiro atoms. The Morgan fingerprint density at radius 3 is 2.14 bits per heavy atom. The van der Waals surface area contributed by atoms with Gasteiger partial charge in [0.25, 0.3) is 0 Å². The number of aryl methyl sites for hydroxylation is 1. The standard InChI is InChI=1S/C29H46O8/c1-11-21(30)13(3)26-16(6)24(32)18(8)29(36-26)19(9)25(33)17(7)28(34,37-29)20(10)27-15(5)23(31)14(4)22(12-2)35-27/h13,16-21,25-26,30,33-34H,11-12H2,1-10H3/t13-,16-,17-,18+,19+,20-,21+,25+,26+,28-,29-/m1/s1. The zero-order chi connectivity index (χ0) is 28.2. The van der Waals surface area contributed by atoms with E-state index in [1.165, 1.54) is 0 Å². The molecule has 0 radical (unpaired) electrons. The molecule has 3 heterocycles. The van der Waals surface area contributed by atoms with Crippen molar-refractivity contribution in [1.29, 1.82) is 0 Å². The van der Waals surface area contributed by atoms with Crippen LogP contribution < -0.4 is 5.43 Å². The summed E-state index contributed by atoms with van der Waals surface area (Å²) in [6.07, 6.45) is -1.45. The molecule has 2 saturated heterocycles. The van der Waals surface area contributed by atoms with Gasteiger partial charge in [-0.05, 0) is 20.3 Å². The summed E-state index contributed by atoms with van der Waals surface area (Å²) < 4.78 is 19.3. The van der Waals surface area contributed by atoms with Gasteiger partial charge in [-0.25, -0.2) is 0 Å². The average Bonchev–Trinajstić information content (AvgIpc) is 2.88. The molecular weight excluding hydrogens is 476 g/mol. The maximum atomic E-state index is 13.6. The predicted octanol–water partition coefficient (Wildman–Crippen LogP) is 3.62. The van der Waals surface area contributed by atoms with Crippen LogP contribution in [0.15, 0.2) is 9.21 Å². The van der Waals surface area contributed by atoms with Gasteiger partial charge in [-0.15, -0.1) is 0 Å². The van der Waals surface area contributed by atoms with Gasteiger partial charge in [-0.1, -0.05) is 55.4 Å². The van der Waals surface area contributed by atoms with E-state index in [1.54, 1.807) is 48.5 Å². The first-order chi connectivity index (χ1) is 17.1. The molecular formula is C29H46O8. The number of carbonyl (C=O) groups excluding carboxylic acids is 1. The lowest BCUT2D eigenvalue weighted by molar-refractivity contribution is -0.450. The van der Waals surface area contributed by atoms with E-state index in [4.69, 9.17) is 13.9 Å². The van der Waals surface area contributed by atoms with Crippen molar-refractivity contribution in [3.05, 3.63) is 32.9 Å². The first-order valence-corrected chi connectivity index (χ1v) is 13.7. The minimum Gasteiger partial charge on any atom is -0.465 e. The molecule has 3 N–H and O–H groups in total. The number of aliphatic hydroxyl groups is 3. The van der Waals surface area contributed by atoms with E-state index in [9.17, 15) is 24.9 Å². The zero-order valence-corrected chi connectivity index (χ0v) is 24.0. The second kappa shape index (κ2) is 10.5. The van der Waals surface area contributed by atoms with Gasteiger partial charge < -0.3 is 29.2 Å². The van der Waals surface area contributed by atoms with E-state index >= 15 is 0 Å². The topological polar surface area (TPSA) is 126 Å². The van der Waals surface area contributed by atoms with Crippen LogP contribution in [0, 0.1) is 43.4 Å². The third kappa shape index (κ3) is 4.52. The molecule has 2 fully saturated rings. The SMILES string of the molecule is CCc1oc([C@@H](C)[C@]2(O)O[C@@]3(O[C@@H]([C@H](C)[C@@H](O)CC)[C@H](C)C(=O)[C@@H]3C)[C@@H](C)[C@@H](O)[C@H]2C)c(C)c(=O)c1C. The molecule has 1 aromatic rings. The Morgan fingerprint density at radius 2 is 1.59 bits per heavy atom. The molecule has 0 aromatic carbocycles. The highest BCUT2D eigenvalue weighted by Crippen LogP contribution is 2.54. The number of ketones is 1. The maximum absolute atomic E-state index is 13.6. The molecule has 0 saturated carbocycles. The highest BCUT2D eigenvalue weighted by atomic mass is 16.8. The molecule has 2 aliphatic rings. The molecule has 0 amide bonds. The molecule has 8 heteroatoms. The Hall–Kier alpha value is -1.58. The molecule has 0 bridgehead atoms. The highest BCUT2D eigenvalue weighted by Gasteiger charge is 2.66. The molecule has 8 nitrogen and oxygen atoms in total. The minimum atomic E-state index is -2.01. The van der Waals surface area contributed by atoms with Gasteiger partial charge in [-0.2, -0.15) is 0 Å². The fourth-order valence-corrected chi connectivity index (χ4v) is 6.52. The highest BCUT2D eigenvalue weighted by molar-refractivity contribution is 5.85. The number of Topliss-reactive ketones (excluding diaryl/α,β-unsaturated/α-hetero) is 1. The van der Waals surface area contributed by atoms with Gasteiger partial charge in [0, 0.05) is 41.2 Å². The van der Waals surface area contributed by atoms with E-state index in [-0.39, 0.29) is 22.9 Å². The molecule has 37 heavy (non-hydrogen) atoms. The van der Waals surface area contributed by atoms with Crippen molar-refractivity contribution in [3.8, 4) is 0 Å². The van der Waals surface area contributed by atoms with Gasteiger partial charge in [0.2, 0.25) is 0 Å². The van der Waals surface area contributed by atoms with Crippen LogP contribution in [0.25, 0.3) is 0 Å². The van der Waals surface area contributed by atoms with E-state index in [1.807, 2.05) is 20.8 Å². The third-order valence-corrected chi connectivity index (χ3v) is 9.51. The van der Waals surface area contributed by atoms with Gasteiger partial charge in [-0.3, -0.25) is 9.59 Å². The van der Waals surface area contributed by atoms with Crippen molar-refractivity contribution in [1.82, 2.24) is 0 Å². The van der Waals surface area contributed by atoms with E-state index in [2.05, 4.69) is 0 Å². The lowest BCUT2D eigenvalue weighted by Gasteiger charge is -2.60. The van der Waals surface area contributed by atoms with E-state index in [0.29, 0.717) is 29.7 Å². The summed E-state index contributed by atoms with van der Waals surface area (Å²) in [4.78, 5) is 26.5. The first kappa shape index (κ1) is 30.0. The fourth-order valence-electron chi connectivity index (χ4n) is 6.52. The number of rotatable bonds is 6. The Labute approximate surface area is 220 Å². The number of aliphatic hydroxyl groups excluding tert-OH is 2. The summed E-state index contributed by atoms with van der Waals surface area (Å²) in [6, 6.07) is 0. The lowest BCUT2D eigenvalue weighted by atomic mass is 9.67. The second-order valence-corrected chi connectivity index (χ2v) is 11.5. The van der Waals surface area contributed by atoms with Crippen LogP contribution >= 0.6 is 0 Å². The monoisotopic (exact) mass is 522 g/mol. The summed E-state index contributed by atoms with van der Waals surface area (Å²) in [5.41, 5.74) is 0.739. The van der Waals surface area contributed by atoms with Crippen molar-refractivity contribution in [2.75, 3.05) is 0 Å². The smallest absolute Gasteiger partial charge is 0.191 e. The molecule has 11 atom stereocenters. The van der Waals surface area contributed by atoms with E-state index in [0.717, 1.165) is 0 Å².